The van der Waals surface area contributed by atoms with Gasteiger partial charge in [0.25, 0.3) is 0 Å². The Morgan fingerprint density at radius 3 is 2.85 bits per heavy atom. The molecule has 0 amide bonds. The van der Waals surface area contributed by atoms with Gasteiger partial charge in [-0.05, 0) is 57.1 Å². The number of rotatable bonds is 7. The number of likely N-dealkylation sites (tertiary alicyclic amines) is 1. The molecule has 0 aliphatic carbocycles. The number of nitrogens with one attached hydrogen (secondary N) is 1. The van der Waals surface area contributed by atoms with Crippen LogP contribution in [0.15, 0.2) is 28.7 Å². The highest BCUT2D eigenvalue weighted by Gasteiger charge is 2.17. The van der Waals surface area contributed by atoms with Crippen LogP contribution in [-0.4, -0.2) is 43.7 Å². The lowest BCUT2D eigenvalue weighted by atomic mass is 10.1. The van der Waals surface area contributed by atoms with Crippen molar-refractivity contribution in [3.05, 3.63) is 28.7 Å². The van der Waals surface area contributed by atoms with Crippen molar-refractivity contribution < 1.29 is 4.74 Å². The predicted molar refractivity (Wildman–Crippen MR) is 87.4 cm³/mol. The van der Waals surface area contributed by atoms with Crippen LogP contribution in [0.5, 0.6) is 5.75 Å². The minimum absolute atomic E-state index is 0.661. The van der Waals surface area contributed by atoms with Crippen LogP contribution >= 0.6 is 15.9 Å². The normalized spacial score (nSPS) is 17.3. The maximum atomic E-state index is 5.73. The van der Waals surface area contributed by atoms with Gasteiger partial charge in [-0.3, -0.25) is 0 Å². The minimum atomic E-state index is 0.661. The van der Waals surface area contributed by atoms with Crippen LogP contribution < -0.4 is 10.1 Å². The Morgan fingerprint density at radius 2 is 2.15 bits per heavy atom. The van der Waals surface area contributed by atoms with Gasteiger partial charge in [-0.1, -0.05) is 28.9 Å². The molecule has 3 nitrogen and oxygen atoms in total. The summed E-state index contributed by atoms with van der Waals surface area (Å²) in [6.45, 7) is 7.62. The van der Waals surface area contributed by atoms with E-state index in [1.165, 1.54) is 38.9 Å². The summed E-state index contributed by atoms with van der Waals surface area (Å²) in [5.74, 6) is 0.930. The Kier molecular flexibility index (Phi) is 6.83. The second kappa shape index (κ2) is 8.65. The van der Waals surface area contributed by atoms with Crippen LogP contribution in [0.4, 0.5) is 0 Å². The van der Waals surface area contributed by atoms with Crippen molar-refractivity contribution in [2.45, 2.75) is 32.2 Å². The summed E-state index contributed by atoms with van der Waals surface area (Å²) in [6.07, 6.45) is 3.78. The average Bonchev–Trinajstić information content (AvgIpc) is 2.46. The maximum Gasteiger partial charge on any atom is 0.120 e. The van der Waals surface area contributed by atoms with E-state index in [0.717, 1.165) is 23.4 Å². The van der Waals surface area contributed by atoms with Crippen molar-refractivity contribution in [2.24, 2.45) is 0 Å². The van der Waals surface area contributed by atoms with Gasteiger partial charge in [0, 0.05) is 17.1 Å². The van der Waals surface area contributed by atoms with E-state index >= 15 is 0 Å². The molecular formula is C16H25BrN2O. The molecule has 0 bridgehead atoms. The summed E-state index contributed by atoms with van der Waals surface area (Å²) in [5.41, 5.74) is 0. The molecule has 4 heteroatoms. The predicted octanol–water partition coefficient (Wildman–Crippen LogP) is 3.29. The number of halogens is 1. The molecule has 0 spiro atoms. The fourth-order valence-corrected chi connectivity index (χ4v) is 3.04. The highest BCUT2D eigenvalue weighted by atomic mass is 79.9. The molecular weight excluding hydrogens is 316 g/mol. The lowest BCUT2D eigenvalue weighted by Crippen LogP contribution is -2.43. The van der Waals surface area contributed by atoms with E-state index in [2.05, 4.69) is 33.1 Å². The van der Waals surface area contributed by atoms with E-state index in [-0.39, 0.29) is 0 Å². The second-order valence-electron chi connectivity index (χ2n) is 5.38. The number of piperidine rings is 1. The summed E-state index contributed by atoms with van der Waals surface area (Å²) >= 11 is 3.45. The molecule has 112 valence electrons. The fourth-order valence-electron chi connectivity index (χ4n) is 2.67. The quantitative estimate of drug-likeness (QED) is 0.771. The van der Waals surface area contributed by atoms with Crippen molar-refractivity contribution in [1.82, 2.24) is 10.2 Å². The maximum absolute atomic E-state index is 5.73. The number of nitrogens with zero attached hydrogens (tertiary/aromatic N) is 1. The molecule has 0 unspecified atom stereocenters. The van der Waals surface area contributed by atoms with E-state index in [9.17, 15) is 0 Å². The van der Waals surface area contributed by atoms with Gasteiger partial charge < -0.3 is 15.0 Å². The molecule has 1 aromatic rings. The van der Waals surface area contributed by atoms with Crippen LogP contribution in [0.2, 0.25) is 0 Å². The highest BCUT2D eigenvalue weighted by Crippen LogP contribution is 2.17. The standard InChI is InChI=1S/C16H25BrN2O/c1-2-9-19-10-6-15(7-11-19)18-8-12-20-16-5-3-4-14(17)13-16/h3-5,13,15,18H,2,6-12H2,1H3. The third-order valence-electron chi connectivity index (χ3n) is 3.73. The van der Waals surface area contributed by atoms with Crippen LogP contribution in [0.1, 0.15) is 26.2 Å². The molecule has 0 saturated carbocycles. The summed E-state index contributed by atoms with van der Waals surface area (Å²) < 4.78 is 6.80. The molecule has 0 aromatic heterocycles. The number of ether oxygens (including phenoxy) is 1. The van der Waals surface area contributed by atoms with Gasteiger partial charge in [0.05, 0.1) is 0 Å². The van der Waals surface area contributed by atoms with Crippen molar-refractivity contribution in [1.29, 1.82) is 0 Å². The second-order valence-corrected chi connectivity index (χ2v) is 6.29. The van der Waals surface area contributed by atoms with E-state index < -0.39 is 0 Å². The Labute approximate surface area is 130 Å². The van der Waals surface area contributed by atoms with E-state index in [1.54, 1.807) is 0 Å². The average molecular weight is 341 g/mol. The highest BCUT2D eigenvalue weighted by molar-refractivity contribution is 9.10. The zero-order valence-electron chi connectivity index (χ0n) is 12.3. The zero-order chi connectivity index (χ0) is 14.2. The molecule has 0 radical (unpaired) electrons. The van der Waals surface area contributed by atoms with Gasteiger partial charge in [-0.2, -0.15) is 0 Å². The topological polar surface area (TPSA) is 24.5 Å². The minimum Gasteiger partial charge on any atom is -0.492 e. The van der Waals surface area contributed by atoms with Crippen molar-refractivity contribution in [2.75, 3.05) is 32.8 Å². The summed E-state index contributed by atoms with van der Waals surface area (Å²) in [6, 6.07) is 8.66. The molecule has 20 heavy (non-hydrogen) atoms. The van der Waals surface area contributed by atoms with E-state index in [0.29, 0.717) is 6.04 Å². The molecule has 1 N–H and O–H groups in total. The van der Waals surface area contributed by atoms with E-state index in [4.69, 9.17) is 4.74 Å². The largest absolute Gasteiger partial charge is 0.492 e. The Hall–Kier alpha value is -0.580. The van der Waals surface area contributed by atoms with Crippen LogP contribution in [0.3, 0.4) is 0 Å². The smallest absolute Gasteiger partial charge is 0.120 e. The first kappa shape index (κ1) is 15.8. The van der Waals surface area contributed by atoms with Crippen LogP contribution in [-0.2, 0) is 0 Å². The van der Waals surface area contributed by atoms with Crippen LogP contribution in [0.25, 0.3) is 0 Å². The number of hydrogen-bond donors (Lipinski definition) is 1. The van der Waals surface area contributed by atoms with Crippen molar-refractivity contribution >= 4 is 15.9 Å². The van der Waals surface area contributed by atoms with Gasteiger partial charge in [0.1, 0.15) is 12.4 Å². The first-order valence-corrected chi connectivity index (χ1v) is 8.41. The Morgan fingerprint density at radius 1 is 1.35 bits per heavy atom. The summed E-state index contributed by atoms with van der Waals surface area (Å²) in [7, 11) is 0. The number of benzene rings is 1. The zero-order valence-corrected chi connectivity index (χ0v) is 13.9. The molecule has 1 fully saturated rings. The summed E-state index contributed by atoms with van der Waals surface area (Å²) in [4.78, 5) is 2.57. The molecule has 0 atom stereocenters. The fraction of sp³-hybridized carbons (Fsp3) is 0.625. The first-order chi connectivity index (χ1) is 9.78. The van der Waals surface area contributed by atoms with Gasteiger partial charge in [-0.15, -0.1) is 0 Å². The third-order valence-corrected chi connectivity index (χ3v) is 4.22. The van der Waals surface area contributed by atoms with Gasteiger partial charge >= 0.3 is 0 Å². The van der Waals surface area contributed by atoms with Gasteiger partial charge in [-0.25, -0.2) is 0 Å². The van der Waals surface area contributed by atoms with Crippen LogP contribution in [0, 0.1) is 0 Å². The van der Waals surface area contributed by atoms with Crippen molar-refractivity contribution in [3.8, 4) is 5.75 Å². The first-order valence-electron chi connectivity index (χ1n) is 7.62. The monoisotopic (exact) mass is 340 g/mol. The molecule has 1 heterocycles. The van der Waals surface area contributed by atoms with E-state index in [1.807, 2.05) is 24.3 Å². The molecule has 1 aliphatic heterocycles. The molecule has 1 saturated heterocycles. The Balaban J connectivity index is 1.58. The Bertz CT molecular complexity index is 392. The third kappa shape index (κ3) is 5.43. The van der Waals surface area contributed by atoms with Gasteiger partial charge in [0.2, 0.25) is 0 Å². The van der Waals surface area contributed by atoms with Gasteiger partial charge in [0.15, 0.2) is 0 Å². The molecule has 1 aromatic carbocycles. The molecule has 2 rings (SSSR count). The lowest BCUT2D eigenvalue weighted by molar-refractivity contribution is 0.193. The SMILES string of the molecule is CCCN1CCC(NCCOc2cccc(Br)c2)CC1. The summed E-state index contributed by atoms with van der Waals surface area (Å²) in [5, 5.41) is 3.61. The molecule has 1 aliphatic rings. The lowest BCUT2D eigenvalue weighted by Gasteiger charge is -2.32. The van der Waals surface area contributed by atoms with Crippen molar-refractivity contribution in [3.63, 3.8) is 0 Å². The number of hydrogen-bond acceptors (Lipinski definition) is 3.